The Bertz CT molecular complexity index is 447. The average Bonchev–Trinajstić information content (AvgIpc) is 2.60. The van der Waals surface area contributed by atoms with Gasteiger partial charge in [-0.25, -0.2) is 0 Å². The number of ether oxygens (including phenoxy) is 1. The van der Waals surface area contributed by atoms with E-state index in [1.165, 1.54) is 4.90 Å². The summed E-state index contributed by atoms with van der Waals surface area (Å²) >= 11 is 5.47. The molecule has 0 radical (unpaired) electrons. The molecule has 1 aliphatic rings. The number of Topliss-reactive ketones (excluding diaryl/α,β-unsaturated/α-hetero) is 1. The van der Waals surface area contributed by atoms with Crippen molar-refractivity contribution in [3.8, 4) is 0 Å². The van der Waals surface area contributed by atoms with Crippen LogP contribution in [0.3, 0.4) is 0 Å². The molecule has 2 rings (SSSR count). The summed E-state index contributed by atoms with van der Waals surface area (Å²) in [7, 11) is 0. The zero-order valence-corrected chi connectivity index (χ0v) is 9.94. The van der Waals surface area contributed by atoms with Crippen molar-refractivity contribution < 1.29 is 14.3 Å². The smallest absolute Gasteiger partial charge is 0.299 e. The minimum absolute atomic E-state index is 0.373. The summed E-state index contributed by atoms with van der Waals surface area (Å²) in [5.74, 6) is -0.512. The van der Waals surface area contributed by atoms with Gasteiger partial charge in [-0.2, -0.15) is 0 Å². The summed E-state index contributed by atoms with van der Waals surface area (Å²) in [4.78, 5) is 24.8. The number of nitrogens with zero attached hydrogens (tertiary/aromatic N) is 1. The molecule has 0 aromatic heterocycles. The number of carbonyl (C=O) groups excluding carboxylic acids is 2. The van der Waals surface area contributed by atoms with Crippen LogP contribution >= 0.6 is 11.6 Å². The minimum Gasteiger partial charge on any atom is -0.378 e. The van der Waals surface area contributed by atoms with E-state index in [0.717, 1.165) is 0 Å². The third-order valence-electron chi connectivity index (χ3n) is 2.56. The Morgan fingerprint density at radius 3 is 2.71 bits per heavy atom. The van der Waals surface area contributed by atoms with Crippen LogP contribution in [-0.4, -0.2) is 37.3 Å². The topological polar surface area (TPSA) is 46.6 Å². The Morgan fingerprint density at radius 1 is 1.18 bits per heavy atom. The SMILES string of the molecule is O=C1C(=O)N(CCOCCCl)c2ccccc21. The Morgan fingerprint density at radius 2 is 1.94 bits per heavy atom. The highest BCUT2D eigenvalue weighted by Crippen LogP contribution is 2.27. The molecule has 0 spiro atoms. The first-order valence-electron chi connectivity index (χ1n) is 5.34. The van der Waals surface area contributed by atoms with Gasteiger partial charge in [-0.3, -0.25) is 9.59 Å². The Labute approximate surface area is 104 Å². The summed E-state index contributed by atoms with van der Waals surface area (Å²) in [6.07, 6.45) is 0. The van der Waals surface area contributed by atoms with Gasteiger partial charge in [-0.05, 0) is 12.1 Å². The zero-order chi connectivity index (χ0) is 12.3. The van der Waals surface area contributed by atoms with Crippen LogP contribution in [0.25, 0.3) is 0 Å². The maximum atomic E-state index is 11.7. The van der Waals surface area contributed by atoms with Crippen LogP contribution < -0.4 is 4.90 Å². The molecule has 17 heavy (non-hydrogen) atoms. The molecule has 0 bridgehead atoms. The highest BCUT2D eigenvalue weighted by atomic mass is 35.5. The minimum atomic E-state index is -0.485. The molecule has 0 saturated heterocycles. The fourth-order valence-electron chi connectivity index (χ4n) is 1.78. The van der Waals surface area contributed by atoms with E-state index in [1.807, 2.05) is 0 Å². The lowest BCUT2D eigenvalue weighted by molar-refractivity contribution is -0.114. The van der Waals surface area contributed by atoms with Crippen molar-refractivity contribution in [3.63, 3.8) is 0 Å². The molecule has 0 saturated carbocycles. The van der Waals surface area contributed by atoms with Crippen molar-refractivity contribution in [2.75, 3.05) is 30.5 Å². The van der Waals surface area contributed by atoms with Gasteiger partial charge in [-0.15, -0.1) is 11.6 Å². The summed E-state index contributed by atoms with van der Waals surface area (Å²) in [6.45, 7) is 1.19. The van der Waals surface area contributed by atoms with Gasteiger partial charge in [-0.1, -0.05) is 12.1 Å². The average molecular weight is 254 g/mol. The van der Waals surface area contributed by atoms with Gasteiger partial charge in [0.25, 0.3) is 11.7 Å². The molecule has 0 unspecified atom stereocenters. The van der Waals surface area contributed by atoms with Crippen molar-refractivity contribution in [1.29, 1.82) is 0 Å². The van der Waals surface area contributed by atoms with E-state index in [2.05, 4.69) is 0 Å². The monoisotopic (exact) mass is 253 g/mol. The normalized spacial score (nSPS) is 14.3. The maximum absolute atomic E-state index is 11.7. The number of carbonyl (C=O) groups is 2. The Kier molecular flexibility index (Phi) is 3.76. The Hall–Kier alpha value is -1.39. The molecule has 1 heterocycles. The molecule has 90 valence electrons. The number of fused-ring (bicyclic) bond motifs is 1. The predicted octanol–water partition coefficient (Wildman–Crippen LogP) is 1.47. The lowest BCUT2D eigenvalue weighted by atomic mass is 10.1. The molecule has 0 atom stereocenters. The van der Waals surface area contributed by atoms with Crippen LogP contribution in [-0.2, 0) is 9.53 Å². The van der Waals surface area contributed by atoms with Gasteiger partial charge in [0.05, 0.1) is 24.5 Å². The first-order valence-corrected chi connectivity index (χ1v) is 5.88. The van der Waals surface area contributed by atoms with Gasteiger partial charge >= 0.3 is 0 Å². The summed E-state index contributed by atoms with van der Waals surface area (Å²) < 4.78 is 5.21. The second-order valence-corrected chi connectivity index (χ2v) is 3.98. The maximum Gasteiger partial charge on any atom is 0.299 e. The Balaban J connectivity index is 2.08. The van der Waals surface area contributed by atoms with E-state index in [1.54, 1.807) is 24.3 Å². The van der Waals surface area contributed by atoms with E-state index in [0.29, 0.717) is 36.9 Å². The van der Waals surface area contributed by atoms with E-state index in [9.17, 15) is 9.59 Å². The van der Waals surface area contributed by atoms with Crippen molar-refractivity contribution in [2.24, 2.45) is 0 Å². The molecular weight excluding hydrogens is 242 g/mol. The van der Waals surface area contributed by atoms with Gasteiger partial charge < -0.3 is 9.64 Å². The molecule has 4 nitrogen and oxygen atoms in total. The van der Waals surface area contributed by atoms with E-state index < -0.39 is 11.7 Å². The molecule has 1 aromatic carbocycles. The summed E-state index contributed by atoms with van der Waals surface area (Å²) in [5, 5.41) is 0. The largest absolute Gasteiger partial charge is 0.378 e. The molecule has 0 N–H and O–H groups in total. The van der Waals surface area contributed by atoms with Crippen molar-refractivity contribution >= 4 is 29.0 Å². The fourth-order valence-corrected chi connectivity index (χ4v) is 1.89. The second kappa shape index (κ2) is 5.29. The molecule has 1 aromatic rings. The fraction of sp³-hybridized carbons (Fsp3) is 0.333. The zero-order valence-electron chi connectivity index (χ0n) is 9.19. The lowest BCUT2D eigenvalue weighted by Gasteiger charge is -2.15. The van der Waals surface area contributed by atoms with Crippen LogP contribution in [0.5, 0.6) is 0 Å². The van der Waals surface area contributed by atoms with Crippen LogP contribution in [0.1, 0.15) is 10.4 Å². The van der Waals surface area contributed by atoms with Gasteiger partial charge in [0, 0.05) is 12.4 Å². The van der Waals surface area contributed by atoms with E-state index in [-0.39, 0.29) is 0 Å². The highest BCUT2D eigenvalue weighted by molar-refractivity contribution is 6.52. The molecule has 0 fully saturated rings. The van der Waals surface area contributed by atoms with E-state index >= 15 is 0 Å². The number of alkyl halides is 1. The number of benzene rings is 1. The number of halogens is 1. The van der Waals surface area contributed by atoms with Crippen molar-refractivity contribution in [2.45, 2.75) is 0 Å². The summed E-state index contributed by atoms with van der Waals surface area (Å²) in [5.41, 5.74) is 1.13. The van der Waals surface area contributed by atoms with Crippen molar-refractivity contribution in [1.82, 2.24) is 0 Å². The molecule has 1 amide bonds. The number of amides is 1. The molecule has 0 aliphatic carbocycles. The lowest BCUT2D eigenvalue weighted by Crippen LogP contribution is -2.33. The number of ketones is 1. The molecule has 1 aliphatic heterocycles. The van der Waals surface area contributed by atoms with Crippen LogP contribution in [0.15, 0.2) is 24.3 Å². The van der Waals surface area contributed by atoms with Crippen molar-refractivity contribution in [3.05, 3.63) is 29.8 Å². The molecular formula is C12H12ClNO3. The van der Waals surface area contributed by atoms with Gasteiger partial charge in [0.2, 0.25) is 0 Å². The quantitative estimate of drug-likeness (QED) is 0.454. The van der Waals surface area contributed by atoms with Gasteiger partial charge in [0.1, 0.15) is 0 Å². The summed E-state index contributed by atoms with van der Waals surface area (Å²) in [6, 6.07) is 6.98. The predicted molar refractivity (Wildman–Crippen MR) is 64.7 cm³/mol. The third kappa shape index (κ3) is 2.33. The third-order valence-corrected chi connectivity index (χ3v) is 2.71. The highest BCUT2D eigenvalue weighted by Gasteiger charge is 2.34. The number of para-hydroxylation sites is 1. The first kappa shape index (κ1) is 12.1. The first-order chi connectivity index (χ1) is 8.25. The molecule has 5 heteroatoms. The van der Waals surface area contributed by atoms with Crippen LogP contribution in [0.2, 0.25) is 0 Å². The van der Waals surface area contributed by atoms with Crippen LogP contribution in [0.4, 0.5) is 5.69 Å². The number of anilines is 1. The van der Waals surface area contributed by atoms with Crippen LogP contribution in [0, 0.1) is 0 Å². The van der Waals surface area contributed by atoms with E-state index in [4.69, 9.17) is 16.3 Å². The second-order valence-electron chi connectivity index (χ2n) is 3.60. The number of rotatable bonds is 5. The number of hydrogen-bond donors (Lipinski definition) is 0. The standard InChI is InChI=1S/C12H12ClNO3/c13-5-7-17-8-6-14-10-4-2-1-3-9(10)11(15)12(14)16/h1-4H,5-8H2. The number of hydrogen-bond acceptors (Lipinski definition) is 3. The van der Waals surface area contributed by atoms with Gasteiger partial charge in [0.15, 0.2) is 0 Å².